The van der Waals surface area contributed by atoms with E-state index < -0.39 is 5.91 Å². The molecular weight excluding hydrogens is 412 g/mol. The molecule has 7 nitrogen and oxygen atoms in total. The second-order valence-corrected chi connectivity index (χ2v) is 8.74. The van der Waals surface area contributed by atoms with E-state index in [0.717, 1.165) is 26.3 Å². The van der Waals surface area contributed by atoms with Gasteiger partial charge in [-0.2, -0.15) is 10.0 Å². The standard InChI is InChI=1S/C18H12N6OS3/c1-26-18-22-24-14(19)11(15(25)21-17(24)28-18)9-12-13(10-5-3-2-4-6-10)20-16-23(12)7-8-27-16/h2-9,19H,1H3/b11-9-,19-14?. The van der Waals surface area contributed by atoms with Gasteiger partial charge in [-0.3, -0.25) is 14.6 Å². The molecule has 0 unspecified atom stereocenters. The van der Waals surface area contributed by atoms with Gasteiger partial charge in [-0.15, -0.1) is 28.2 Å². The molecule has 3 aromatic rings. The number of hydrazone groups is 1. The van der Waals surface area contributed by atoms with Crippen LogP contribution in [0.2, 0.25) is 0 Å². The number of nitrogens with one attached hydrogen (secondary N) is 1. The van der Waals surface area contributed by atoms with Crippen LogP contribution in [-0.4, -0.2) is 41.9 Å². The number of rotatable bonds is 2. The van der Waals surface area contributed by atoms with Crippen LogP contribution in [0, 0.1) is 5.41 Å². The molecule has 10 heteroatoms. The fourth-order valence-corrected chi connectivity index (χ4v) is 5.01. The second kappa shape index (κ2) is 6.73. The largest absolute Gasteiger partial charge is 0.290 e. The number of amidine groups is 2. The van der Waals surface area contributed by atoms with Gasteiger partial charge in [0.2, 0.25) is 5.17 Å². The molecule has 0 bridgehead atoms. The molecule has 1 amide bonds. The van der Waals surface area contributed by atoms with E-state index in [1.807, 2.05) is 52.6 Å². The second-order valence-electron chi connectivity index (χ2n) is 5.86. The minimum absolute atomic E-state index is 0.0238. The molecule has 0 saturated heterocycles. The summed E-state index contributed by atoms with van der Waals surface area (Å²) in [5.74, 6) is -0.416. The van der Waals surface area contributed by atoms with Crippen molar-refractivity contribution in [2.24, 2.45) is 10.1 Å². The number of thiazole rings is 1. The monoisotopic (exact) mass is 424 g/mol. The summed E-state index contributed by atoms with van der Waals surface area (Å²) in [5, 5.41) is 16.7. The summed E-state index contributed by atoms with van der Waals surface area (Å²) < 4.78 is 2.68. The quantitative estimate of drug-likeness (QED) is 0.629. The highest BCUT2D eigenvalue weighted by Gasteiger charge is 2.35. The van der Waals surface area contributed by atoms with Crippen molar-refractivity contribution in [3.8, 4) is 11.3 Å². The van der Waals surface area contributed by atoms with Gasteiger partial charge < -0.3 is 0 Å². The Morgan fingerprint density at radius 2 is 2.07 bits per heavy atom. The van der Waals surface area contributed by atoms with E-state index in [4.69, 9.17) is 10.4 Å². The third-order valence-corrected chi connectivity index (χ3v) is 6.88. The summed E-state index contributed by atoms with van der Waals surface area (Å²) in [6.45, 7) is 0. The van der Waals surface area contributed by atoms with Crippen LogP contribution in [0.25, 0.3) is 22.3 Å². The Hall–Kier alpha value is -2.69. The summed E-state index contributed by atoms with van der Waals surface area (Å²) in [6.07, 6.45) is 5.50. The van der Waals surface area contributed by atoms with Gasteiger partial charge in [-0.25, -0.2) is 4.98 Å². The van der Waals surface area contributed by atoms with E-state index >= 15 is 0 Å². The first-order valence-electron chi connectivity index (χ1n) is 8.21. The first-order valence-corrected chi connectivity index (χ1v) is 11.1. The number of aliphatic imine (C=N–C) groups is 1. The molecule has 2 aliphatic rings. The number of hydrogen-bond donors (Lipinski definition) is 1. The summed E-state index contributed by atoms with van der Waals surface area (Å²) in [7, 11) is 0. The summed E-state index contributed by atoms with van der Waals surface area (Å²) >= 11 is 4.28. The van der Waals surface area contributed by atoms with E-state index in [0.29, 0.717) is 5.17 Å². The first-order chi connectivity index (χ1) is 13.7. The number of fused-ring (bicyclic) bond motifs is 2. The van der Waals surface area contributed by atoms with Crippen molar-refractivity contribution in [1.29, 1.82) is 5.41 Å². The average Bonchev–Trinajstić information content (AvgIpc) is 3.40. The third kappa shape index (κ3) is 2.72. The van der Waals surface area contributed by atoms with Gasteiger partial charge in [0.1, 0.15) is 0 Å². The van der Waals surface area contributed by atoms with Crippen LogP contribution < -0.4 is 0 Å². The van der Waals surface area contributed by atoms with Gasteiger partial charge in [0, 0.05) is 17.1 Å². The maximum Gasteiger partial charge on any atom is 0.283 e. The number of aromatic nitrogens is 2. The van der Waals surface area contributed by atoms with Crippen molar-refractivity contribution in [3.63, 3.8) is 0 Å². The van der Waals surface area contributed by atoms with Crippen molar-refractivity contribution in [3.05, 3.63) is 53.2 Å². The molecule has 0 fully saturated rings. The Bertz CT molecular complexity index is 1220. The molecule has 0 saturated carbocycles. The fraction of sp³-hybridized carbons (Fsp3) is 0.0556. The minimum atomic E-state index is -0.439. The van der Waals surface area contributed by atoms with E-state index in [1.165, 1.54) is 39.9 Å². The van der Waals surface area contributed by atoms with Crippen LogP contribution in [0.1, 0.15) is 5.69 Å². The number of imidazole rings is 1. The van der Waals surface area contributed by atoms with Crippen molar-refractivity contribution in [2.45, 2.75) is 0 Å². The predicted molar refractivity (Wildman–Crippen MR) is 117 cm³/mol. The number of amides is 1. The minimum Gasteiger partial charge on any atom is -0.290 e. The predicted octanol–water partition coefficient (Wildman–Crippen LogP) is 4.00. The Labute approximate surface area is 172 Å². The number of nitrogens with zero attached hydrogens (tertiary/aromatic N) is 5. The molecule has 1 aromatic carbocycles. The van der Waals surface area contributed by atoms with Crippen LogP contribution in [-0.2, 0) is 4.79 Å². The number of carbonyl (C=O) groups excluding carboxylic acids is 1. The molecule has 0 radical (unpaired) electrons. The highest BCUT2D eigenvalue weighted by Crippen LogP contribution is 2.33. The molecule has 28 heavy (non-hydrogen) atoms. The normalized spacial score (nSPS) is 18.0. The van der Waals surface area contributed by atoms with Gasteiger partial charge in [0.05, 0.1) is 17.0 Å². The Balaban J connectivity index is 1.66. The number of hydrogen-bond acceptors (Lipinski definition) is 7. The molecule has 1 N–H and O–H groups in total. The maximum atomic E-state index is 12.7. The zero-order chi connectivity index (χ0) is 19.3. The van der Waals surface area contributed by atoms with Crippen molar-refractivity contribution < 1.29 is 4.79 Å². The Morgan fingerprint density at radius 1 is 1.25 bits per heavy atom. The zero-order valence-electron chi connectivity index (χ0n) is 14.5. The number of benzene rings is 1. The molecule has 2 aromatic heterocycles. The van der Waals surface area contributed by atoms with Crippen LogP contribution >= 0.6 is 34.9 Å². The molecule has 5 rings (SSSR count). The van der Waals surface area contributed by atoms with Crippen molar-refractivity contribution >= 4 is 67.2 Å². The molecule has 0 spiro atoms. The molecule has 138 valence electrons. The van der Waals surface area contributed by atoms with Crippen molar-refractivity contribution in [2.75, 3.05) is 6.26 Å². The molecule has 0 atom stereocenters. The van der Waals surface area contributed by atoms with Gasteiger partial charge >= 0.3 is 0 Å². The van der Waals surface area contributed by atoms with Crippen molar-refractivity contribution in [1.82, 2.24) is 14.4 Å². The highest BCUT2D eigenvalue weighted by molar-refractivity contribution is 8.45. The van der Waals surface area contributed by atoms with Crippen LogP contribution in [0.15, 0.2) is 57.6 Å². The lowest BCUT2D eigenvalue weighted by atomic mass is 10.1. The zero-order valence-corrected chi connectivity index (χ0v) is 16.9. The maximum absolute atomic E-state index is 12.7. The van der Waals surface area contributed by atoms with Gasteiger partial charge in [-0.1, -0.05) is 30.3 Å². The lowest BCUT2D eigenvalue weighted by molar-refractivity contribution is -0.114. The van der Waals surface area contributed by atoms with Gasteiger partial charge in [0.25, 0.3) is 5.91 Å². The topological polar surface area (TPSA) is 86.2 Å². The Morgan fingerprint density at radius 3 is 2.86 bits per heavy atom. The van der Waals surface area contributed by atoms with E-state index in [2.05, 4.69) is 10.1 Å². The van der Waals surface area contributed by atoms with Gasteiger partial charge in [0.15, 0.2) is 15.2 Å². The van der Waals surface area contributed by atoms with E-state index in [-0.39, 0.29) is 11.4 Å². The SMILES string of the molecule is CSC1=NN2C(=N)/C(=C/c3c(-c4ccccc4)nc4sccn34)C(=O)N=C2S1. The summed E-state index contributed by atoms with van der Waals surface area (Å²) in [5.41, 5.74) is 2.65. The first kappa shape index (κ1) is 17.4. The Kier molecular flexibility index (Phi) is 4.18. The molecule has 4 heterocycles. The average molecular weight is 425 g/mol. The van der Waals surface area contributed by atoms with E-state index in [1.54, 1.807) is 6.08 Å². The third-order valence-electron chi connectivity index (χ3n) is 4.24. The summed E-state index contributed by atoms with van der Waals surface area (Å²) in [4.78, 5) is 22.3. The van der Waals surface area contributed by atoms with E-state index in [9.17, 15) is 4.79 Å². The van der Waals surface area contributed by atoms with Crippen LogP contribution in [0.3, 0.4) is 0 Å². The molecule has 0 aliphatic carbocycles. The van der Waals surface area contributed by atoms with Crippen LogP contribution in [0.5, 0.6) is 0 Å². The van der Waals surface area contributed by atoms with Gasteiger partial charge in [-0.05, 0) is 24.1 Å². The number of carbonyl (C=O) groups is 1. The van der Waals surface area contributed by atoms with Crippen LogP contribution in [0.4, 0.5) is 0 Å². The number of thioether (sulfide) groups is 2. The lowest BCUT2D eigenvalue weighted by Gasteiger charge is -2.20. The fourth-order valence-electron chi connectivity index (χ4n) is 2.94. The highest BCUT2D eigenvalue weighted by atomic mass is 32.2. The molecular formula is C18H12N6OS3. The smallest absolute Gasteiger partial charge is 0.283 e. The molecule has 2 aliphatic heterocycles. The summed E-state index contributed by atoms with van der Waals surface area (Å²) in [6, 6.07) is 9.80. The lowest BCUT2D eigenvalue weighted by Crippen LogP contribution is -2.35.